The molecule has 0 radical (unpaired) electrons. The van der Waals surface area contributed by atoms with E-state index in [4.69, 9.17) is 22.1 Å². The Labute approximate surface area is 150 Å². The highest BCUT2D eigenvalue weighted by Gasteiger charge is 2.31. The lowest BCUT2D eigenvalue weighted by Gasteiger charge is -2.31. The summed E-state index contributed by atoms with van der Waals surface area (Å²) in [5.41, 5.74) is 8.03. The van der Waals surface area contributed by atoms with Crippen LogP contribution < -0.4 is 15.8 Å². The number of nitrogen functional groups attached to an aromatic ring is 1. The minimum atomic E-state index is -0.00375. The fraction of sp³-hybridized carbons (Fsp3) is 0.222. The summed E-state index contributed by atoms with van der Waals surface area (Å²) in [5, 5.41) is 8.47. The van der Waals surface area contributed by atoms with E-state index >= 15 is 0 Å². The molecule has 6 nitrogen and oxygen atoms in total. The zero-order valence-electron chi connectivity index (χ0n) is 13.7. The Hall–Kier alpha value is -2.73. The molecule has 0 saturated heterocycles. The third-order valence-corrected chi connectivity index (χ3v) is 4.67. The summed E-state index contributed by atoms with van der Waals surface area (Å²) in [6.07, 6.45) is 0.795. The van der Waals surface area contributed by atoms with E-state index in [1.165, 1.54) is 0 Å². The van der Waals surface area contributed by atoms with Crippen LogP contribution in [0, 0.1) is 0 Å². The van der Waals surface area contributed by atoms with Crippen LogP contribution in [0.15, 0.2) is 48.5 Å². The van der Waals surface area contributed by atoms with E-state index in [0.717, 1.165) is 23.3 Å². The van der Waals surface area contributed by atoms with E-state index in [-0.39, 0.29) is 18.0 Å². The highest BCUT2D eigenvalue weighted by atomic mass is 35.5. The number of halogens is 1. The number of ether oxygens (including phenoxy) is 1. The number of fused-ring (bicyclic) bond motifs is 1. The van der Waals surface area contributed by atoms with Gasteiger partial charge in [0.15, 0.2) is 0 Å². The fourth-order valence-electron chi connectivity index (χ4n) is 3.26. The first-order chi connectivity index (χ1) is 12.1. The Balaban J connectivity index is 1.76. The van der Waals surface area contributed by atoms with Gasteiger partial charge < -0.3 is 15.8 Å². The van der Waals surface area contributed by atoms with E-state index in [0.29, 0.717) is 11.0 Å². The first-order valence-electron chi connectivity index (χ1n) is 8.02. The van der Waals surface area contributed by atoms with E-state index in [1.54, 1.807) is 7.11 Å². The third-order valence-electron chi connectivity index (χ3n) is 4.43. The Morgan fingerprint density at radius 1 is 1.20 bits per heavy atom. The first kappa shape index (κ1) is 15.8. The number of rotatable bonds is 3. The van der Waals surface area contributed by atoms with Crippen molar-refractivity contribution >= 4 is 23.5 Å². The zero-order chi connectivity index (χ0) is 17.4. The monoisotopic (exact) mass is 355 g/mol. The Kier molecular flexibility index (Phi) is 3.97. The molecule has 0 spiro atoms. The SMILES string of the molecule is COc1cccc([C@H]2C[C@H](c3cccc(Cl)c3)n3nc(N)nc3N2)c1. The first-order valence-corrected chi connectivity index (χ1v) is 8.40. The van der Waals surface area contributed by atoms with Gasteiger partial charge in [-0.3, -0.25) is 0 Å². The second-order valence-electron chi connectivity index (χ2n) is 6.02. The number of nitrogens with two attached hydrogens (primary N) is 1. The summed E-state index contributed by atoms with van der Waals surface area (Å²) in [6.45, 7) is 0. The molecule has 128 valence electrons. The molecule has 4 rings (SSSR count). The van der Waals surface area contributed by atoms with Crippen molar-refractivity contribution in [1.29, 1.82) is 0 Å². The minimum absolute atomic E-state index is 0.00375. The number of hydrogen-bond acceptors (Lipinski definition) is 5. The van der Waals surface area contributed by atoms with Crippen LogP contribution in [0.3, 0.4) is 0 Å². The van der Waals surface area contributed by atoms with E-state index in [2.05, 4.69) is 21.5 Å². The van der Waals surface area contributed by atoms with Gasteiger partial charge in [-0.05, 0) is 41.8 Å². The largest absolute Gasteiger partial charge is 0.497 e. The molecule has 2 heterocycles. The molecule has 0 bridgehead atoms. The van der Waals surface area contributed by atoms with Gasteiger partial charge in [-0.1, -0.05) is 35.9 Å². The molecule has 0 fully saturated rings. The lowest BCUT2D eigenvalue weighted by molar-refractivity contribution is 0.410. The molecule has 0 unspecified atom stereocenters. The molecule has 0 aliphatic carbocycles. The predicted molar refractivity (Wildman–Crippen MR) is 98.0 cm³/mol. The molecule has 2 aromatic carbocycles. The summed E-state index contributed by atoms with van der Waals surface area (Å²) in [4.78, 5) is 4.32. The van der Waals surface area contributed by atoms with Gasteiger partial charge in [-0.2, -0.15) is 4.98 Å². The summed E-state index contributed by atoms with van der Waals surface area (Å²) >= 11 is 6.19. The highest BCUT2D eigenvalue weighted by Crippen LogP contribution is 2.39. The molecule has 3 aromatic rings. The van der Waals surface area contributed by atoms with Crippen molar-refractivity contribution in [2.24, 2.45) is 0 Å². The van der Waals surface area contributed by atoms with Crippen LogP contribution in [0.5, 0.6) is 5.75 Å². The van der Waals surface area contributed by atoms with Gasteiger partial charge in [0.2, 0.25) is 11.9 Å². The minimum Gasteiger partial charge on any atom is -0.497 e. The van der Waals surface area contributed by atoms with E-state index in [9.17, 15) is 0 Å². The second kappa shape index (κ2) is 6.29. The second-order valence-corrected chi connectivity index (χ2v) is 6.45. The highest BCUT2D eigenvalue weighted by molar-refractivity contribution is 6.30. The van der Waals surface area contributed by atoms with Crippen molar-refractivity contribution in [3.05, 3.63) is 64.7 Å². The number of hydrogen-bond donors (Lipinski definition) is 2. The molecule has 1 aromatic heterocycles. The number of anilines is 2. The van der Waals surface area contributed by atoms with Crippen molar-refractivity contribution in [3.63, 3.8) is 0 Å². The maximum atomic E-state index is 6.19. The summed E-state index contributed by atoms with van der Waals surface area (Å²) in [7, 11) is 1.67. The summed E-state index contributed by atoms with van der Waals surface area (Å²) in [6, 6.07) is 15.9. The van der Waals surface area contributed by atoms with Gasteiger partial charge in [0.05, 0.1) is 19.2 Å². The van der Waals surface area contributed by atoms with E-state index < -0.39 is 0 Å². The van der Waals surface area contributed by atoms with Crippen molar-refractivity contribution in [2.75, 3.05) is 18.2 Å². The average molecular weight is 356 g/mol. The number of methoxy groups -OCH3 is 1. The predicted octanol–water partition coefficient (Wildman–Crippen LogP) is 3.67. The van der Waals surface area contributed by atoms with Gasteiger partial charge in [-0.25, -0.2) is 4.68 Å². The molecular formula is C18H18ClN5O. The van der Waals surface area contributed by atoms with Gasteiger partial charge in [-0.15, -0.1) is 5.10 Å². The molecular weight excluding hydrogens is 338 g/mol. The van der Waals surface area contributed by atoms with E-state index in [1.807, 2.05) is 47.1 Å². The molecule has 0 saturated carbocycles. The van der Waals surface area contributed by atoms with Crippen molar-refractivity contribution < 1.29 is 4.74 Å². The van der Waals surface area contributed by atoms with Crippen molar-refractivity contribution in [2.45, 2.75) is 18.5 Å². The Morgan fingerprint density at radius 2 is 2.00 bits per heavy atom. The van der Waals surface area contributed by atoms with Gasteiger partial charge in [0.1, 0.15) is 5.75 Å². The van der Waals surface area contributed by atoms with Crippen LogP contribution in [0.25, 0.3) is 0 Å². The summed E-state index contributed by atoms with van der Waals surface area (Å²) < 4.78 is 7.18. The molecule has 25 heavy (non-hydrogen) atoms. The van der Waals surface area contributed by atoms with Crippen LogP contribution in [0.4, 0.5) is 11.9 Å². The summed E-state index contributed by atoms with van der Waals surface area (Å²) in [5.74, 6) is 1.73. The Morgan fingerprint density at radius 3 is 2.80 bits per heavy atom. The standard InChI is InChI=1S/C18H18ClN5O/c1-25-14-7-3-4-11(9-14)15-10-16(12-5-2-6-13(19)8-12)24-18(21-15)22-17(20)23-24/h2-9,15-16H,10H2,1H3,(H3,20,21,22,23)/t15-,16-/m1/s1. The van der Waals surface area contributed by atoms with Gasteiger partial charge >= 0.3 is 0 Å². The van der Waals surface area contributed by atoms with Gasteiger partial charge in [0, 0.05) is 5.02 Å². The Bertz CT molecular complexity index is 910. The normalized spacial score (nSPS) is 19.1. The molecule has 0 amide bonds. The maximum absolute atomic E-state index is 6.19. The van der Waals surface area contributed by atoms with Crippen LogP contribution in [0.1, 0.15) is 29.6 Å². The number of benzene rings is 2. The lowest BCUT2D eigenvalue weighted by atomic mass is 9.93. The quantitative estimate of drug-likeness (QED) is 0.749. The molecule has 1 aliphatic heterocycles. The third kappa shape index (κ3) is 3.00. The van der Waals surface area contributed by atoms with Crippen molar-refractivity contribution in [1.82, 2.24) is 14.8 Å². The van der Waals surface area contributed by atoms with Crippen LogP contribution in [-0.2, 0) is 0 Å². The van der Waals surface area contributed by atoms with Crippen LogP contribution in [-0.4, -0.2) is 21.9 Å². The average Bonchev–Trinajstić information content (AvgIpc) is 3.01. The van der Waals surface area contributed by atoms with Crippen LogP contribution >= 0.6 is 11.6 Å². The fourth-order valence-corrected chi connectivity index (χ4v) is 3.46. The molecule has 7 heteroatoms. The number of aromatic nitrogens is 3. The molecule has 2 atom stereocenters. The van der Waals surface area contributed by atoms with Crippen LogP contribution in [0.2, 0.25) is 5.02 Å². The van der Waals surface area contributed by atoms with Crippen molar-refractivity contribution in [3.8, 4) is 5.75 Å². The molecule has 1 aliphatic rings. The lowest BCUT2D eigenvalue weighted by Crippen LogP contribution is -2.28. The number of nitrogens with zero attached hydrogens (tertiary/aromatic N) is 3. The number of nitrogens with one attached hydrogen (secondary N) is 1. The zero-order valence-corrected chi connectivity index (χ0v) is 14.4. The topological polar surface area (TPSA) is 78.0 Å². The molecule has 3 N–H and O–H groups in total. The maximum Gasteiger partial charge on any atom is 0.241 e. The van der Waals surface area contributed by atoms with Gasteiger partial charge in [0.25, 0.3) is 0 Å². The smallest absolute Gasteiger partial charge is 0.241 e.